The third-order valence-electron chi connectivity index (χ3n) is 5.52. The largest absolute Gasteiger partial charge is 0.398 e. The monoisotopic (exact) mass is 388 g/mol. The highest BCUT2D eigenvalue weighted by Crippen LogP contribution is 2.14. The van der Waals surface area contributed by atoms with Crippen LogP contribution in [-0.4, -0.2) is 12.5 Å². The molecule has 0 bridgehead atoms. The lowest BCUT2D eigenvalue weighted by molar-refractivity contribution is 0.0954. The summed E-state index contributed by atoms with van der Waals surface area (Å²) in [5.74, 6) is -0.0564. The predicted octanol–water partition coefficient (Wildman–Crippen LogP) is 7.26. The molecule has 1 rings (SSSR count). The predicted molar refractivity (Wildman–Crippen MR) is 123 cm³/mol. The summed E-state index contributed by atoms with van der Waals surface area (Å²) < 4.78 is 0. The molecule has 0 aliphatic heterocycles. The molecule has 0 spiro atoms. The average molecular weight is 389 g/mol. The van der Waals surface area contributed by atoms with Crippen LogP contribution in [0.4, 0.5) is 5.69 Å². The molecule has 3 heteroatoms. The minimum absolute atomic E-state index is 0.0564. The van der Waals surface area contributed by atoms with Gasteiger partial charge in [0.25, 0.3) is 5.91 Å². The first-order valence-electron chi connectivity index (χ1n) is 11.9. The summed E-state index contributed by atoms with van der Waals surface area (Å²) >= 11 is 0. The maximum absolute atomic E-state index is 12.0. The number of hydrogen-bond donors (Lipinski definition) is 2. The Balaban J connectivity index is 1.80. The van der Waals surface area contributed by atoms with E-state index in [9.17, 15) is 4.79 Å². The van der Waals surface area contributed by atoms with Crippen molar-refractivity contribution in [2.75, 3.05) is 12.3 Å². The first kappa shape index (κ1) is 24.5. The zero-order valence-electron chi connectivity index (χ0n) is 18.3. The van der Waals surface area contributed by atoms with E-state index in [1.807, 2.05) is 12.1 Å². The maximum atomic E-state index is 12.0. The second-order valence-corrected chi connectivity index (χ2v) is 8.15. The van der Waals surface area contributed by atoms with E-state index in [-0.39, 0.29) is 5.91 Å². The number of nitrogens with one attached hydrogen (secondary N) is 1. The molecule has 0 aliphatic carbocycles. The van der Waals surface area contributed by atoms with E-state index in [0.29, 0.717) is 11.3 Å². The topological polar surface area (TPSA) is 55.1 Å². The van der Waals surface area contributed by atoms with Gasteiger partial charge < -0.3 is 11.1 Å². The Morgan fingerprint density at radius 2 is 1.14 bits per heavy atom. The number of unbranched alkanes of at least 4 members (excludes halogenated alkanes) is 15. The van der Waals surface area contributed by atoms with Gasteiger partial charge in [0.2, 0.25) is 0 Å². The second kappa shape index (κ2) is 17.6. The molecule has 1 aromatic rings. The summed E-state index contributed by atoms with van der Waals surface area (Å²) in [6, 6.07) is 7.24. The minimum Gasteiger partial charge on any atom is -0.398 e. The molecular formula is C25H44N2O. The quantitative estimate of drug-likeness (QED) is 0.205. The highest BCUT2D eigenvalue weighted by atomic mass is 16.1. The Kier molecular flexibility index (Phi) is 15.4. The van der Waals surface area contributed by atoms with Crippen LogP contribution in [0.5, 0.6) is 0 Å². The number of nitrogens with two attached hydrogens (primary N) is 1. The zero-order chi connectivity index (χ0) is 20.3. The van der Waals surface area contributed by atoms with Crippen molar-refractivity contribution in [1.29, 1.82) is 0 Å². The third kappa shape index (κ3) is 12.8. The van der Waals surface area contributed by atoms with Gasteiger partial charge in [0.15, 0.2) is 0 Å². The lowest BCUT2D eigenvalue weighted by Gasteiger charge is -2.07. The summed E-state index contributed by atoms with van der Waals surface area (Å²) in [6.45, 7) is 3.02. The van der Waals surface area contributed by atoms with Gasteiger partial charge in [-0.1, -0.05) is 115 Å². The molecule has 0 fully saturated rings. The van der Waals surface area contributed by atoms with E-state index >= 15 is 0 Å². The van der Waals surface area contributed by atoms with E-state index in [4.69, 9.17) is 5.73 Å². The molecule has 0 saturated heterocycles. The van der Waals surface area contributed by atoms with Gasteiger partial charge in [-0.25, -0.2) is 0 Å². The molecule has 1 amide bonds. The van der Waals surface area contributed by atoms with Crippen molar-refractivity contribution < 1.29 is 4.79 Å². The number of benzene rings is 1. The summed E-state index contributed by atoms with van der Waals surface area (Å²) in [6.07, 6.45) is 21.8. The lowest BCUT2D eigenvalue weighted by atomic mass is 10.0. The molecule has 1 aromatic carbocycles. The highest BCUT2D eigenvalue weighted by molar-refractivity contribution is 5.98. The fraction of sp³-hybridized carbons (Fsp3) is 0.720. The molecule has 3 N–H and O–H groups in total. The number of hydrogen-bond acceptors (Lipinski definition) is 2. The summed E-state index contributed by atoms with van der Waals surface area (Å²) in [4.78, 5) is 12.0. The molecule has 0 radical (unpaired) electrons. The Bertz CT molecular complexity index is 501. The fourth-order valence-electron chi connectivity index (χ4n) is 3.67. The van der Waals surface area contributed by atoms with Crippen LogP contribution in [0.1, 0.15) is 120 Å². The van der Waals surface area contributed by atoms with Gasteiger partial charge in [-0.15, -0.1) is 0 Å². The van der Waals surface area contributed by atoms with Gasteiger partial charge in [-0.05, 0) is 18.6 Å². The van der Waals surface area contributed by atoms with Crippen molar-refractivity contribution in [2.24, 2.45) is 0 Å². The maximum Gasteiger partial charge on any atom is 0.253 e. The average Bonchev–Trinajstić information content (AvgIpc) is 2.70. The Labute approximate surface area is 173 Å². The van der Waals surface area contributed by atoms with Crippen LogP contribution < -0.4 is 11.1 Å². The number of para-hydroxylation sites is 1. The van der Waals surface area contributed by atoms with Crippen molar-refractivity contribution in [3.05, 3.63) is 29.8 Å². The molecule has 0 heterocycles. The number of anilines is 1. The molecule has 160 valence electrons. The van der Waals surface area contributed by atoms with Gasteiger partial charge in [0, 0.05) is 12.2 Å². The highest BCUT2D eigenvalue weighted by Gasteiger charge is 2.07. The fourth-order valence-corrected chi connectivity index (χ4v) is 3.67. The van der Waals surface area contributed by atoms with E-state index in [0.717, 1.165) is 13.0 Å². The van der Waals surface area contributed by atoms with Crippen LogP contribution in [0.2, 0.25) is 0 Å². The van der Waals surface area contributed by atoms with Crippen molar-refractivity contribution in [1.82, 2.24) is 5.32 Å². The van der Waals surface area contributed by atoms with Crippen molar-refractivity contribution >= 4 is 11.6 Å². The Morgan fingerprint density at radius 1 is 0.714 bits per heavy atom. The number of carbonyl (C=O) groups excluding carboxylic acids is 1. The van der Waals surface area contributed by atoms with E-state index in [1.165, 1.54) is 96.3 Å². The van der Waals surface area contributed by atoms with Crippen LogP contribution >= 0.6 is 0 Å². The lowest BCUT2D eigenvalue weighted by Crippen LogP contribution is -2.25. The molecule has 0 aromatic heterocycles. The SMILES string of the molecule is CCCCCCCCCCCCCCCCCCNC(=O)c1ccccc1N. The molecule has 28 heavy (non-hydrogen) atoms. The Morgan fingerprint density at radius 3 is 1.61 bits per heavy atom. The zero-order valence-corrected chi connectivity index (χ0v) is 18.3. The molecule has 0 atom stereocenters. The van der Waals surface area contributed by atoms with Crippen LogP contribution in [-0.2, 0) is 0 Å². The van der Waals surface area contributed by atoms with Crippen LogP contribution in [0.15, 0.2) is 24.3 Å². The Hall–Kier alpha value is -1.51. The van der Waals surface area contributed by atoms with Gasteiger partial charge in [-0.2, -0.15) is 0 Å². The minimum atomic E-state index is -0.0564. The summed E-state index contributed by atoms with van der Waals surface area (Å²) in [7, 11) is 0. The number of nitrogen functional groups attached to an aromatic ring is 1. The smallest absolute Gasteiger partial charge is 0.253 e. The number of rotatable bonds is 18. The molecule has 0 unspecified atom stereocenters. The van der Waals surface area contributed by atoms with Crippen LogP contribution in [0.3, 0.4) is 0 Å². The number of amides is 1. The normalized spacial score (nSPS) is 10.9. The summed E-state index contributed by atoms with van der Waals surface area (Å²) in [5.41, 5.74) is 6.96. The molecule has 0 aliphatic rings. The van der Waals surface area contributed by atoms with Crippen molar-refractivity contribution in [2.45, 2.75) is 110 Å². The van der Waals surface area contributed by atoms with Gasteiger partial charge in [0.1, 0.15) is 0 Å². The molecule has 3 nitrogen and oxygen atoms in total. The molecule has 0 saturated carbocycles. The first-order chi connectivity index (χ1) is 13.8. The van der Waals surface area contributed by atoms with E-state index in [2.05, 4.69) is 12.2 Å². The van der Waals surface area contributed by atoms with E-state index in [1.54, 1.807) is 12.1 Å². The van der Waals surface area contributed by atoms with E-state index < -0.39 is 0 Å². The van der Waals surface area contributed by atoms with Crippen molar-refractivity contribution in [3.63, 3.8) is 0 Å². The number of carbonyl (C=O) groups is 1. The van der Waals surface area contributed by atoms with Gasteiger partial charge in [-0.3, -0.25) is 4.79 Å². The standard InChI is InChI=1S/C25H44N2O/c1-2-3-4-5-6-7-8-9-10-11-12-13-14-15-16-19-22-27-25(28)23-20-17-18-21-24(23)26/h17-18,20-21H,2-16,19,22,26H2,1H3,(H,27,28). The van der Waals surface area contributed by atoms with Crippen molar-refractivity contribution in [3.8, 4) is 0 Å². The van der Waals surface area contributed by atoms with Gasteiger partial charge >= 0.3 is 0 Å². The third-order valence-corrected chi connectivity index (χ3v) is 5.52. The summed E-state index contributed by atoms with van der Waals surface area (Å²) in [5, 5.41) is 2.97. The first-order valence-corrected chi connectivity index (χ1v) is 11.9. The van der Waals surface area contributed by atoms with Gasteiger partial charge in [0.05, 0.1) is 5.56 Å². The molecular weight excluding hydrogens is 344 g/mol. The van der Waals surface area contributed by atoms with Crippen LogP contribution in [0, 0.1) is 0 Å². The second-order valence-electron chi connectivity index (χ2n) is 8.15. The van der Waals surface area contributed by atoms with Crippen LogP contribution in [0.25, 0.3) is 0 Å².